The van der Waals surface area contributed by atoms with Crippen molar-refractivity contribution in [3.63, 3.8) is 0 Å². The molecule has 8 nitrogen and oxygen atoms in total. The normalized spacial score (nSPS) is 11.6. The van der Waals surface area contributed by atoms with E-state index in [4.69, 9.17) is 38.7 Å². The highest BCUT2D eigenvalue weighted by atomic mass is 16.3. The molecule has 4 aromatic heterocycles. The molecule has 0 aliphatic carbocycles. The Morgan fingerprint density at radius 3 is 1.01 bits per heavy atom. The third-order valence-corrected chi connectivity index (χ3v) is 17.0. The molecule has 0 saturated carbocycles. The first-order chi connectivity index (χ1) is 44.5. The van der Waals surface area contributed by atoms with Crippen molar-refractivity contribution in [1.29, 1.82) is 0 Å². The van der Waals surface area contributed by atoms with E-state index in [0.29, 0.717) is 34.9 Å². The van der Waals surface area contributed by atoms with Crippen molar-refractivity contribution < 1.29 is 8.83 Å². The van der Waals surface area contributed by atoms with Crippen LogP contribution in [0.5, 0.6) is 0 Å². The molecular weight excluding hydrogens is 1100 g/mol. The van der Waals surface area contributed by atoms with Crippen molar-refractivity contribution in [3.8, 4) is 90.6 Å². The van der Waals surface area contributed by atoms with Gasteiger partial charge < -0.3 is 8.83 Å². The second-order valence-corrected chi connectivity index (χ2v) is 22.6. The fraction of sp³-hybridized carbons (Fsp3) is 0. The molecule has 0 spiro atoms. The lowest BCUT2D eigenvalue weighted by atomic mass is 9.93. The lowest BCUT2D eigenvalue weighted by Crippen LogP contribution is -2.00. The minimum Gasteiger partial charge on any atom is -0.456 e. The van der Waals surface area contributed by atoms with Crippen LogP contribution in [0.2, 0.25) is 0 Å². The molecule has 0 fully saturated rings. The summed E-state index contributed by atoms with van der Waals surface area (Å²) < 4.78 is 12.3. The number of rotatable bonds is 8. The van der Waals surface area contributed by atoms with Crippen LogP contribution in [0.4, 0.5) is 0 Å². The number of hydrogen-bond donors (Lipinski definition) is 0. The van der Waals surface area contributed by atoms with E-state index in [1.54, 1.807) is 0 Å². The summed E-state index contributed by atoms with van der Waals surface area (Å²) in [6.07, 6.45) is 0. The Hall–Kier alpha value is -12.3. The van der Waals surface area contributed by atoms with Gasteiger partial charge in [0.2, 0.25) is 0 Å². The van der Waals surface area contributed by atoms with Gasteiger partial charge in [0.05, 0.1) is 0 Å². The van der Waals surface area contributed by atoms with Gasteiger partial charge in [0, 0.05) is 54.9 Å². The molecule has 0 N–H and O–H groups in total. The molecule has 0 aliphatic heterocycles. The van der Waals surface area contributed by atoms with Crippen LogP contribution in [-0.4, -0.2) is 29.9 Å². The van der Waals surface area contributed by atoms with Crippen LogP contribution in [0.15, 0.2) is 312 Å². The van der Waals surface area contributed by atoms with Crippen molar-refractivity contribution in [2.24, 2.45) is 0 Å². The Morgan fingerprint density at radius 1 is 0.167 bits per heavy atom. The molecule has 18 aromatic rings. The van der Waals surface area contributed by atoms with Gasteiger partial charge >= 0.3 is 0 Å². The summed E-state index contributed by atoms with van der Waals surface area (Å²) in [4.78, 5) is 29.6. The van der Waals surface area contributed by atoms with Crippen LogP contribution >= 0.6 is 0 Å². The largest absolute Gasteiger partial charge is 0.456 e. The molecule has 8 heteroatoms. The minimum atomic E-state index is 0.641. The quantitative estimate of drug-likeness (QED) is 0.148. The van der Waals surface area contributed by atoms with Crippen molar-refractivity contribution in [3.05, 3.63) is 303 Å². The standard InChI is InChI=1S/2C41H25N3O/c1-3-11-26(12-4-1)39-42-40(27-13-5-2-6-14-27)44-41(43-39)32-22-29-15-7-8-16-33(29)35(24-32)30-20-19-28-25-38-36(23-31(28)21-30)34-17-9-10-18-37(34)45-38;1-3-10-26(11-4-1)39-42-40(27-12-5-2-6-13-27)44-41(43-39)31-20-21-34-29(22-31)14-9-16-33(34)30-19-18-28-25-38-36(24-32(28)23-30)35-15-7-8-17-37(35)45-38/h2*1-25H. The number of aromatic nitrogens is 6. The second kappa shape index (κ2) is 21.9. The van der Waals surface area contributed by atoms with Crippen LogP contribution in [0.1, 0.15) is 0 Å². The molecule has 0 radical (unpaired) electrons. The molecule has 420 valence electrons. The monoisotopic (exact) mass is 1150 g/mol. The average molecular weight is 1150 g/mol. The second-order valence-electron chi connectivity index (χ2n) is 22.6. The molecule has 18 rings (SSSR count). The summed E-state index contributed by atoms with van der Waals surface area (Å²) >= 11 is 0. The molecule has 0 bridgehead atoms. The van der Waals surface area contributed by atoms with Crippen molar-refractivity contribution in [2.45, 2.75) is 0 Å². The van der Waals surface area contributed by atoms with Crippen molar-refractivity contribution >= 4 is 87.0 Å². The summed E-state index contributed by atoms with van der Waals surface area (Å²) in [6.45, 7) is 0. The topological polar surface area (TPSA) is 104 Å². The van der Waals surface area contributed by atoms with E-state index in [0.717, 1.165) is 110 Å². The fourth-order valence-electron chi connectivity index (χ4n) is 12.5. The maximum absolute atomic E-state index is 6.16. The van der Waals surface area contributed by atoms with Crippen molar-refractivity contribution in [1.82, 2.24) is 29.9 Å². The minimum absolute atomic E-state index is 0.641. The zero-order chi connectivity index (χ0) is 59.5. The van der Waals surface area contributed by atoms with Gasteiger partial charge in [-0.2, -0.15) is 0 Å². The zero-order valence-corrected chi connectivity index (χ0v) is 48.4. The Labute approximate surface area is 516 Å². The summed E-state index contributed by atoms with van der Waals surface area (Å²) in [5.74, 6) is 3.90. The highest BCUT2D eigenvalue weighted by Gasteiger charge is 2.19. The maximum atomic E-state index is 6.16. The molecule has 4 heterocycles. The number of fused-ring (bicyclic) bond motifs is 10. The van der Waals surface area contributed by atoms with Gasteiger partial charge in [-0.1, -0.05) is 237 Å². The van der Waals surface area contributed by atoms with Crippen LogP contribution in [-0.2, 0) is 0 Å². The van der Waals surface area contributed by atoms with E-state index in [2.05, 4.69) is 158 Å². The van der Waals surface area contributed by atoms with Gasteiger partial charge in [0.1, 0.15) is 22.3 Å². The van der Waals surface area contributed by atoms with Crippen LogP contribution in [0.25, 0.3) is 178 Å². The first-order valence-electron chi connectivity index (χ1n) is 30.0. The number of benzene rings is 14. The van der Waals surface area contributed by atoms with Crippen LogP contribution in [0.3, 0.4) is 0 Å². The third kappa shape index (κ3) is 9.62. The molecule has 0 unspecified atom stereocenters. The van der Waals surface area contributed by atoms with E-state index < -0.39 is 0 Å². The number of furan rings is 2. The van der Waals surface area contributed by atoms with Crippen LogP contribution in [0, 0.1) is 0 Å². The van der Waals surface area contributed by atoms with E-state index in [1.165, 1.54) is 32.7 Å². The van der Waals surface area contributed by atoms with Crippen LogP contribution < -0.4 is 0 Å². The van der Waals surface area contributed by atoms with Gasteiger partial charge in [-0.05, 0) is 132 Å². The molecular formula is C82H50N6O2. The fourth-order valence-corrected chi connectivity index (χ4v) is 12.5. The SMILES string of the molecule is c1ccc(-c2nc(-c3ccccc3)nc(-c3cc(-c4ccc5cc6oc7ccccc7c6cc5c4)c4ccccc4c3)n2)cc1.c1ccc(-c2nc(-c3ccccc3)nc(-c3ccc4c(-c5ccc6cc7oc8ccccc8c7cc6c5)cccc4c3)n2)cc1. The predicted molar refractivity (Wildman–Crippen MR) is 368 cm³/mol. The molecule has 0 amide bonds. The Balaban J connectivity index is 0.000000139. The van der Waals surface area contributed by atoms with E-state index in [-0.39, 0.29) is 0 Å². The molecule has 0 atom stereocenters. The predicted octanol–water partition coefficient (Wildman–Crippen LogP) is 21.5. The Kier molecular flexibility index (Phi) is 12.7. The highest BCUT2D eigenvalue weighted by molar-refractivity contribution is 6.13. The summed E-state index contributed by atoms with van der Waals surface area (Å²) in [7, 11) is 0. The highest BCUT2D eigenvalue weighted by Crippen LogP contribution is 2.40. The van der Waals surface area contributed by atoms with E-state index in [1.807, 2.05) is 146 Å². The van der Waals surface area contributed by atoms with Crippen molar-refractivity contribution in [2.75, 3.05) is 0 Å². The molecule has 14 aromatic carbocycles. The summed E-state index contributed by atoms with van der Waals surface area (Å²) in [5, 5.41) is 13.8. The number of hydrogen-bond acceptors (Lipinski definition) is 8. The number of nitrogens with zero attached hydrogens (tertiary/aromatic N) is 6. The van der Waals surface area contributed by atoms with E-state index in [9.17, 15) is 0 Å². The van der Waals surface area contributed by atoms with Gasteiger partial charge in [-0.3, -0.25) is 0 Å². The van der Waals surface area contributed by atoms with Gasteiger partial charge in [0.25, 0.3) is 0 Å². The van der Waals surface area contributed by atoms with Gasteiger partial charge in [-0.25, -0.2) is 29.9 Å². The molecule has 90 heavy (non-hydrogen) atoms. The maximum Gasteiger partial charge on any atom is 0.164 e. The summed E-state index contributed by atoms with van der Waals surface area (Å²) in [5.41, 5.74) is 14.0. The van der Waals surface area contributed by atoms with Gasteiger partial charge in [0.15, 0.2) is 34.9 Å². The zero-order valence-electron chi connectivity index (χ0n) is 48.4. The first-order valence-corrected chi connectivity index (χ1v) is 30.0. The van der Waals surface area contributed by atoms with Gasteiger partial charge in [-0.15, -0.1) is 0 Å². The summed E-state index contributed by atoms with van der Waals surface area (Å²) in [6, 6.07) is 105. The Morgan fingerprint density at radius 2 is 0.522 bits per heavy atom. The number of para-hydroxylation sites is 2. The lowest BCUT2D eigenvalue weighted by Gasteiger charge is -2.13. The smallest absolute Gasteiger partial charge is 0.164 e. The molecule has 0 saturated heterocycles. The lowest BCUT2D eigenvalue weighted by molar-refractivity contribution is 0.669. The molecule has 0 aliphatic rings. The Bertz CT molecular complexity index is 5660. The van der Waals surface area contributed by atoms with E-state index >= 15 is 0 Å². The third-order valence-electron chi connectivity index (χ3n) is 17.0. The average Bonchev–Trinajstić information content (AvgIpc) is 1.70. The first kappa shape index (κ1) is 52.1.